The second kappa shape index (κ2) is 8.95. The van der Waals surface area contributed by atoms with E-state index in [1.54, 1.807) is 6.42 Å². The van der Waals surface area contributed by atoms with Crippen LogP contribution in [-0.2, 0) is 14.3 Å². The number of benzene rings is 2. The van der Waals surface area contributed by atoms with E-state index >= 15 is 0 Å². The summed E-state index contributed by atoms with van der Waals surface area (Å²) < 4.78 is 4.58. The number of rotatable bonds is 6. The van der Waals surface area contributed by atoms with Crippen LogP contribution >= 0.6 is 7.92 Å². The van der Waals surface area contributed by atoms with E-state index in [0.717, 1.165) is 5.66 Å². The van der Waals surface area contributed by atoms with Crippen LogP contribution in [0.5, 0.6) is 0 Å². The monoisotopic (exact) mass is 364 g/mol. The number of carbonyl (C=O) groups excluding carboxylic acids is 2. The molecule has 0 heterocycles. The fourth-order valence-corrected chi connectivity index (χ4v) is 5.15. The SMILES string of the molecule is COC(=O)CNC(=O)[C]1[CH][CH][CH][C]1P(c1ccccc1)c1ccccc1. The van der Waals surface area contributed by atoms with Crippen LogP contribution < -0.4 is 15.9 Å². The molecule has 1 saturated carbocycles. The Labute approximate surface area is 155 Å². The lowest BCUT2D eigenvalue weighted by atomic mass is 10.1. The average Bonchev–Trinajstić information content (AvgIpc) is 3.17. The number of ether oxygens (including phenoxy) is 1. The molecule has 2 aromatic rings. The topological polar surface area (TPSA) is 55.4 Å². The molecule has 131 valence electrons. The molecule has 1 aliphatic rings. The Hall–Kier alpha value is -2.19. The minimum Gasteiger partial charge on any atom is -0.468 e. The summed E-state index contributed by atoms with van der Waals surface area (Å²) in [5.74, 6) is -0.151. The van der Waals surface area contributed by atoms with E-state index in [-0.39, 0.29) is 12.5 Å². The molecule has 0 aliphatic heterocycles. The number of carbonyl (C=O) groups is 2. The van der Waals surface area contributed by atoms with Crippen molar-refractivity contribution in [1.29, 1.82) is 0 Å². The van der Waals surface area contributed by atoms with Crippen LogP contribution in [0.1, 0.15) is 0 Å². The van der Waals surface area contributed by atoms with Gasteiger partial charge in [0, 0.05) is 5.66 Å². The van der Waals surface area contributed by atoms with Crippen LogP contribution in [0.4, 0.5) is 0 Å². The predicted octanol–water partition coefficient (Wildman–Crippen LogP) is 2.14. The smallest absolute Gasteiger partial charge is 0.325 e. The van der Waals surface area contributed by atoms with Crippen LogP contribution in [0.3, 0.4) is 0 Å². The van der Waals surface area contributed by atoms with E-state index in [4.69, 9.17) is 0 Å². The minimum atomic E-state index is -0.869. The van der Waals surface area contributed by atoms with Gasteiger partial charge in [-0.25, -0.2) is 0 Å². The van der Waals surface area contributed by atoms with Crippen molar-refractivity contribution in [3.63, 3.8) is 0 Å². The van der Waals surface area contributed by atoms with Gasteiger partial charge in [-0.1, -0.05) is 60.7 Å². The molecule has 1 fully saturated rings. The van der Waals surface area contributed by atoms with Crippen molar-refractivity contribution in [2.75, 3.05) is 13.7 Å². The van der Waals surface area contributed by atoms with Crippen LogP contribution in [0.2, 0.25) is 0 Å². The second-order valence-corrected chi connectivity index (χ2v) is 7.78. The lowest BCUT2D eigenvalue weighted by molar-refractivity contribution is -0.140. The van der Waals surface area contributed by atoms with Gasteiger partial charge in [-0.05, 0) is 37.8 Å². The van der Waals surface area contributed by atoms with Crippen molar-refractivity contribution in [2.24, 2.45) is 0 Å². The maximum absolute atomic E-state index is 12.6. The second-order valence-electron chi connectivity index (χ2n) is 5.59. The molecule has 0 unspecified atom stereocenters. The Morgan fingerprint density at radius 3 is 2.04 bits per heavy atom. The van der Waals surface area contributed by atoms with E-state index in [2.05, 4.69) is 34.3 Å². The van der Waals surface area contributed by atoms with Crippen molar-refractivity contribution < 1.29 is 14.3 Å². The van der Waals surface area contributed by atoms with Gasteiger partial charge in [0.2, 0.25) is 5.91 Å². The van der Waals surface area contributed by atoms with E-state index in [9.17, 15) is 9.59 Å². The molecule has 2 aromatic carbocycles. The predicted molar refractivity (Wildman–Crippen MR) is 103 cm³/mol. The molecule has 0 aromatic heterocycles. The van der Waals surface area contributed by atoms with Gasteiger partial charge in [-0.2, -0.15) is 0 Å². The van der Waals surface area contributed by atoms with E-state index in [1.807, 2.05) is 49.2 Å². The highest BCUT2D eigenvalue weighted by Gasteiger charge is 2.41. The Bertz CT molecular complexity index is 696. The Kier molecular flexibility index (Phi) is 6.40. The van der Waals surface area contributed by atoms with Crippen LogP contribution in [0.25, 0.3) is 0 Å². The van der Waals surface area contributed by atoms with Crippen LogP contribution in [-0.4, -0.2) is 25.5 Å². The summed E-state index contributed by atoms with van der Waals surface area (Å²) >= 11 is 0. The maximum atomic E-state index is 12.6. The molecule has 0 saturated heterocycles. The third-order valence-corrected chi connectivity index (χ3v) is 6.43. The number of hydrogen-bond acceptors (Lipinski definition) is 3. The van der Waals surface area contributed by atoms with Crippen molar-refractivity contribution in [2.45, 2.75) is 0 Å². The molecule has 0 bridgehead atoms. The Morgan fingerprint density at radius 1 is 0.923 bits per heavy atom. The highest BCUT2D eigenvalue weighted by molar-refractivity contribution is 7.76. The summed E-state index contributed by atoms with van der Waals surface area (Å²) in [6, 6.07) is 20.3. The lowest BCUT2D eigenvalue weighted by Gasteiger charge is -2.28. The summed E-state index contributed by atoms with van der Waals surface area (Å²) in [4.78, 5) is 23.9. The summed E-state index contributed by atoms with van der Waals surface area (Å²) in [7, 11) is 0.429. The minimum absolute atomic E-state index is 0.144. The number of esters is 1. The summed E-state index contributed by atoms with van der Waals surface area (Å²) in [6.45, 7) is -0.144. The number of methoxy groups -OCH3 is 1. The van der Waals surface area contributed by atoms with Gasteiger partial charge < -0.3 is 10.1 Å². The van der Waals surface area contributed by atoms with Gasteiger partial charge in [0.05, 0.1) is 13.0 Å². The number of amides is 1. The first kappa shape index (κ1) is 18.6. The summed E-state index contributed by atoms with van der Waals surface area (Å²) in [5, 5.41) is 4.97. The molecule has 3 rings (SSSR count). The molecule has 5 radical (unpaired) electrons. The molecular formula is C21H19NO3P. The molecule has 26 heavy (non-hydrogen) atoms. The third-order valence-electron chi connectivity index (χ3n) is 3.93. The molecule has 1 N–H and O–H groups in total. The summed E-state index contributed by atoms with van der Waals surface area (Å²) in [5.41, 5.74) is 0.972. The average molecular weight is 364 g/mol. The molecule has 5 heteroatoms. The van der Waals surface area contributed by atoms with Crippen molar-refractivity contribution in [3.8, 4) is 0 Å². The maximum Gasteiger partial charge on any atom is 0.325 e. The molecule has 1 amide bonds. The fourth-order valence-electron chi connectivity index (χ4n) is 2.70. The Balaban J connectivity index is 1.86. The van der Waals surface area contributed by atoms with Gasteiger partial charge >= 0.3 is 5.97 Å². The van der Waals surface area contributed by atoms with E-state index < -0.39 is 13.9 Å². The zero-order chi connectivity index (χ0) is 18.4. The van der Waals surface area contributed by atoms with Crippen LogP contribution in [0, 0.1) is 30.8 Å². The molecule has 0 spiro atoms. The summed E-state index contributed by atoms with van der Waals surface area (Å²) in [6.07, 6.45) is 5.66. The van der Waals surface area contributed by atoms with Gasteiger partial charge in [0.15, 0.2) is 0 Å². The standard InChI is InChI=1S/C21H19NO3P/c1-25-20(23)15-22-21(24)18-13-8-14-19(18)26(16-9-4-2-5-10-16)17-11-6-3-7-12-17/h2-14H,15H2,1H3,(H,22,24). The molecule has 0 atom stereocenters. The lowest BCUT2D eigenvalue weighted by Crippen LogP contribution is -2.36. The first-order chi connectivity index (χ1) is 12.7. The van der Waals surface area contributed by atoms with Gasteiger partial charge in [0.25, 0.3) is 0 Å². The molecular weight excluding hydrogens is 345 g/mol. The van der Waals surface area contributed by atoms with Gasteiger partial charge in [-0.3, -0.25) is 9.59 Å². The van der Waals surface area contributed by atoms with Gasteiger partial charge in [-0.15, -0.1) is 0 Å². The van der Waals surface area contributed by atoms with E-state index in [1.165, 1.54) is 17.7 Å². The normalized spacial score (nSPS) is 15.2. The molecule has 1 aliphatic carbocycles. The van der Waals surface area contributed by atoms with Crippen molar-refractivity contribution in [3.05, 3.63) is 91.5 Å². The van der Waals surface area contributed by atoms with E-state index in [0.29, 0.717) is 5.92 Å². The highest BCUT2D eigenvalue weighted by atomic mass is 31.1. The quantitative estimate of drug-likeness (QED) is 0.631. The number of hydrogen-bond donors (Lipinski definition) is 1. The largest absolute Gasteiger partial charge is 0.468 e. The van der Waals surface area contributed by atoms with Crippen LogP contribution in [0.15, 0.2) is 60.7 Å². The van der Waals surface area contributed by atoms with Crippen molar-refractivity contribution >= 4 is 30.4 Å². The fraction of sp³-hybridized carbons (Fsp3) is 0.0952. The van der Waals surface area contributed by atoms with Gasteiger partial charge in [0.1, 0.15) is 6.54 Å². The molecule has 4 nitrogen and oxygen atoms in total. The number of nitrogens with one attached hydrogen (secondary N) is 1. The highest BCUT2D eigenvalue weighted by Crippen LogP contribution is 2.55. The Morgan fingerprint density at radius 2 is 1.50 bits per heavy atom. The van der Waals surface area contributed by atoms with Crippen molar-refractivity contribution in [1.82, 2.24) is 5.32 Å². The third kappa shape index (κ3) is 4.31. The zero-order valence-corrected chi connectivity index (χ0v) is 15.3. The first-order valence-electron chi connectivity index (χ1n) is 8.21. The first-order valence-corrected chi connectivity index (χ1v) is 9.56. The zero-order valence-electron chi connectivity index (χ0n) is 14.4.